The Labute approximate surface area is 93.7 Å². The average molecular weight is 225 g/mol. The number of nitrogens with two attached hydrogens (primary N) is 1. The molecule has 1 aromatic heterocycles. The van der Waals surface area contributed by atoms with E-state index in [9.17, 15) is 4.79 Å². The predicted molar refractivity (Wildman–Crippen MR) is 64.0 cm³/mol. The molecule has 0 aromatic carbocycles. The fraction of sp³-hybridized carbons (Fsp3) is 0.400. The van der Waals surface area contributed by atoms with Crippen molar-refractivity contribution < 1.29 is 4.79 Å². The molecule has 82 valence electrons. The van der Waals surface area contributed by atoms with Gasteiger partial charge in [-0.25, -0.2) is 4.98 Å². The monoisotopic (exact) mass is 225 g/mol. The minimum Gasteiger partial charge on any atom is -0.384 e. The molecule has 0 saturated heterocycles. The van der Waals surface area contributed by atoms with Crippen LogP contribution in [0.25, 0.3) is 0 Å². The van der Waals surface area contributed by atoms with Crippen molar-refractivity contribution >= 4 is 23.5 Å². The topological polar surface area (TPSA) is 68.0 Å². The number of rotatable bonds is 4. The van der Waals surface area contributed by atoms with Crippen LogP contribution >= 0.6 is 11.8 Å². The Balaban J connectivity index is 2.61. The molecule has 1 atom stereocenters. The molecule has 1 heterocycles. The summed E-state index contributed by atoms with van der Waals surface area (Å²) in [7, 11) is 0. The number of thioether (sulfide) groups is 1. The lowest BCUT2D eigenvalue weighted by Gasteiger charge is -2.11. The Morgan fingerprint density at radius 1 is 1.67 bits per heavy atom. The molecule has 0 radical (unpaired) electrons. The maximum atomic E-state index is 11.6. The van der Waals surface area contributed by atoms with Crippen molar-refractivity contribution in [1.82, 2.24) is 10.3 Å². The van der Waals surface area contributed by atoms with Gasteiger partial charge in [0, 0.05) is 11.8 Å². The standard InChI is InChI=1S/C10H15N3OS/c1-7(6-15-2)12-10(14)8-4-3-5-9(11)13-8/h3-5,7H,6H2,1-2H3,(H2,11,13)(H,12,14). The third kappa shape index (κ3) is 3.79. The summed E-state index contributed by atoms with van der Waals surface area (Å²) in [6, 6.07) is 5.16. The number of hydrogen-bond donors (Lipinski definition) is 2. The Kier molecular flexibility index (Phi) is 4.42. The molecule has 0 saturated carbocycles. The number of pyridine rings is 1. The van der Waals surface area contributed by atoms with Crippen LogP contribution in [0.3, 0.4) is 0 Å². The first-order valence-corrected chi connectivity index (χ1v) is 6.05. The van der Waals surface area contributed by atoms with Crippen molar-refractivity contribution in [3.8, 4) is 0 Å². The first-order chi connectivity index (χ1) is 7.13. The summed E-state index contributed by atoms with van der Waals surface area (Å²) in [6.07, 6.45) is 2.00. The molecule has 0 fully saturated rings. The zero-order valence-electron chi connectivity index (χ0n) is 8.86. The number of carbonyl (C=O) groups is 1. The van der Waals surface area contributed by atoms with E-state index in [1.165, 1.54) is 0 Å². The first kappa shape index (κ1) is 11.8. The number of amides is 1. The molecule has 0 aliphatic rings. The van der Waals surface area contributed by atoms with Crippen LogP contribution < -0.4 is 11.1 Å². The minimum atomic E-state index is -0.177. The number of carbonyl (C=O) groups excluding carboxylic acids is 1. The van der Waals surface area contributed by atoms with Crippen molar-refractivity contribution in [1.29, 1.82) is 0 Å². The third-order valence-corrected chi connectivity index (χ3v) is 2.63. The number of anilines is 1. The van der Waals surface area contributed by atoms with Gasteiger partial charge in [-0.15, -0.1) is 0 Å². The molecule has 0 aliphatic heterocycles. The highest BCUT2D eigenvalue weighted by atomic mass is 32.2. The van der Waals surface area contributed by atoms with E-state index >= 15 is 0 Å². The van der Waals surface area contributed by atoms with Crippen LogP contribution in [0.4, 0.5) is 5.82 Å². The molecule has 4 nitrogen and oxygen atoms in total. The average Bonchev–Trinajstić information content (AvgIpc) is 2.18. The fourth-order valence-electron chi connectivity index (χ4n) is 1.17. The number of hydrogen-bond acceptors (Lipinski definition) is 4. The summed E-state index contributed by atoms with van der Waals surface area (Å²) in [6.45, 7) is 1.96. The van der Waals surface area contributed by atoms with Gasteiger partial charge in [-0.1, -0.05) is 6.07 Å². The number of nitrogens with one attached hydrogen (secondary N) is 1. The molecule has 0 spiro atoms. The van der Waals surface area contributed by atoms with Gasteiger partial charge >= 0.3 is 0 Å². The summed E-state index contributed by atoms with van der Waals surface area (Å²) in [5.41, 5.74) is 5.85. The minimum absolute atomic E-state index is 0.135. The molecule has 1 aromatic rings. The molecule has 3 N–H and O–H groups in total. The van der Waals surface area contributed by atoms with Gasteiger partial charge in [0.05, 0.1) is 0 Å². The third-order valence-electron chi connectivity index (χ3n) is 1.80. The summed E-state index contributed by atoms with van der Waals surface area (Å²) in [5, 5.41) is 2.85. The molecule has 1 unspecified atom stereocenters. The van der Waals surface area contributed by atoms with E-state index in [0.717, 1.165) is 5.75 Å². The van der Waals surface area contributed by atoms with E-state index in [1.807, 2.05) is 13.2 Å². The van der Waals surface area contributed by atoms with E-state index < -0.39 is 0 Å². The van der Waals surface area contributed by atoms with Crippen molar-refractivity contribution in [3.63, 3.8) is 0 Å². The van der Waals surface area contributed by atoms with Crippen LogP contribution in [-0.4, -0.2) is 28.9 Å². The van der Waals surface area contributed by atoms with Crippen LogP contribution in [0.2, 0.25) is 0 Å². The molecule has 1 rings (SSSR count). The molecule has 0 aliphatic carbocycles. The Morgan fingerprint density at radius 2 is 2.40 bits per heavy atom. The lowest BCUT2D eigenvalue weighted by molar-refractivity contribution is 0.0939. The van der Waals surface area contributed by atoms with Gasteiger partial charge in [-0.2, -0.15) is 11.8 Å². The van der Waals surface area contributed by atoms with Crippen LogP contribution in [0.1, 0.15) is 17.4 Å². The van der Waals surface area contributed by atoms with Gasteiger partial charge < -0.3 is 11.1 Å². The zero-order chi connectivity index (χ0) is 11.3. The first-order valence-electron chi connectivity index (χ1n) is 4.66. The summed E-state index contributed by atoms with van der Waals surface area (Å²) in [5.74, 6) is 1.07. The van der Waals surface area contributed by atoms with Crippen LogP contribution in [0.15, 0.2) is 18.2 Å². The SMILES string of the molecule is CSCC(C)NC(=O)c1cccc(N)n1. The van der Waals surface area contributed by atoms with Crippen LogP contribution in [0.5, 0.6) is 0 Å². The summed E-state index contributed by atoms with van der Waals surface area (Å²) >= 11 is 1.69. The van der Waals surface area contributed by atoms with Gasteiger partial charge in [0.1, 0.15) is 11.5 Å². The Morgan fingerprint density at radius 3 is 3.00 bits per heavy atom. The lowest BCUT2D eigenvalue weighted by atomic mass is 10.3. The molecular weight excluding hydrogens is 210 g/mol. The maximum Gasteiger partial charge on any atom is 0.270 e. The largest absolute Gasteiger partial charge is 0.384 e. The number of nitrogens with zero attached hydrogens (tertiary/aromatic N) is 1. The van der Waals surface area contributed by atoms with Crippen LogP contribution in [-0.2, 0) is 0 Å². The Bertz CT molecular complexity index is 343. The van der Waals surface area contributed by atoms with E-state index in [1.54, 1.807) is 30.0 Å². The second-order valence-electron chi connectivity index (χ2n) is 3.28. The fourth-order valence-corrected chi connectivity index (χ4v) is 1.75. The highest BCUT2D eigenvalue weighted by Crippen LogP contribution is 2.02. The normalized spacial score (nSPS) is 12.1. The van der Waals surface area contributed by atoms with Gasteiger partial charge in [0.15, 0.2) is 0 Å². The molecular formula is C10H15N3OS. The smallest absolute Gasteiger partial charge is 0.270 e. The summed E-state index contributed by atoms with van der Waals surface area (Å²) in [4.78, 5) is 15.6. The summed E-state index contributed by atoms with van der Waals surface area (Å²) < 4.78 is 0. The highest BCUT2D eigenvalue weighted by molar-refractivity contribution is 7.98. The lowest BCUT2D eigenvalue weighted by Crippen LogP contribution is -2.34. The van der Waals surface area contributed by atoms with Crippen LogP contribution in [0, 0.1) is 0 Å². The predicted octanol–water partition coefficient (Wildman–Crippen LogP) is 1.15. The number of aromatic nitrogens is 1. The van der Waals surface area contributed by atoms with Crippen molar-refractivity contribution in [2.75, 3.05) is 17.7 Å². The quantitative estimate of drug-likeness (QED) is 0.806. The van der Waals surface area contributed by atoms with Gasteiger partial charge in [0.25, 0.3) is 5.91 Å². The van der Waals surface area contributed by atoms with Gasteiger partial charge in [0.2, 0.25) is 0 Å². The number of nitrogen functional groups attached to an aromatic ring is 1. The van der Waals surface area contributed by atoms with E-state index in [0.29, 0.717) is 11.5 Å². The van der Waals surface area contributed by atoms with Crippen molar-refractivity contribution in [2.24, 2.45) is 0 Å². The van der Waals surface area contributed by atoms with E-state index in [2.05, 4.69) is 10.3 Å². The molecule has 15 heavy (non-hydrogen) atoms. The second kappa shape index (κ2) is 5.60. The molecule has 1 amide bonds. The highest BCUT2D eigenvalue weighted by Gasteiger charge is 2.10. The molecule has 5 heteroatoms. The van der Waals surface area contributed by atoms with Gasteiger partial charge in [-0.3, -0.25) is 4.79 Å². The van der Waals surface area contributed by atoms with E-state index in [4.69, 9.17) is 5.73 Å². The maximum absolute atomic E-state index is 11.6. The second-order valence-corrected chi connectivity index (χ2v) is 4.19. The molecule has 0 bridgehead atoms. The van der Waals surface area contributed by atoms with Crippen molar-refractivity contribution in [3.05, 3.63) is 23.9 Å². The Hall–Kier alpha value is -1.23. The zero-order valence-corrected chi connectivity index (χ0v) is 9.67. The van der Waals surface area contributed by atoms with E-state index in [-0.39, 0.29) is 11.9 Å². The van der Waals surface area contributed by atoms with Crippen molar-refractivity contribution in [2.45, 2.75) is 13.0 Å². The van der Waals surface area contributed by atoms with Gasteiger partial charge in [-0.05, 0) is 25.3 Å².